The molecular formula is C41H51N13O5. The number of hydrogen-bond acceptors (Lipinski definition) is 14. The van der Waals surface area contributed by atoms with Crippen molar-refractivity contribution < 1.29 is 23.8 Å². The zero-order chi connectivity index (χ0) is 41.9. The molecule has 2 aliphatic rings. The van der Waals surface area contributed by atoms with E-state index in [1.807, 2.05) is 53.7 Å². The van der Waals surface area contributed by atoms with E-state index in [1.54, 1.807) is 75.5 Å². The first-order valence-corrected chi connectivity index (χ1v) is 19.7. The van der Waals surface area contributed by atoms with Crippen molar-refractivity contribution in [1.82, 2.24) is 58.9 Å². The van der Waals surface area contributed by atoms with Crippen LogP contribution in [0.25, 0.3) is 33.8 Å². The standard InChI is InChI=1S/C21H26N6O3.C20H25N7O2/c1-21(2,3)30-20(28)26-9-5-6-14(13-26)16-10-18(29-4)27-19(25-16)15(11-24-27)17-12-22-7-8-23-17;1-20(2,3)29-19(28)26-8-4-5-13(12-26)15-9-17(21)27-18(25-15)14(10-24-27)16-11-22-6-7-23-16/h7-8,10-12,14H,5-6,9,13H2,1-4H3;6-7,9-11,13H,4-5,8,12,21H2,1-3H3. The predicted octanol–water partition coefficient (Wildman–Crippen LogP) is 6.19. The summed E-state index contributed by atoms with van der Waals surface area (Å²) in [6, 6.07) is 3.73. The number of hydrogen-bond donors (Lipinski definition) is 1. The van der Waals surface area contributed by atoms with E-state index in [-0.39, 0.29) is 24.0 Å². The minimum absolute atomic E-state index is 0.0770. The van der Waals surface area contributed by atoms with Crippen molar-refractivity contribution in [3.8, 4) is 28.4 Å². The SMILES string of the molecule is CC(C)(C)OC(=O)N1CCCC(c2cc(N)n3ncc(-c4cnccn4)c3n2)C1.COc1cc(C2CCCN(C(=O)OC(C)(C)C)C2)nc2c(-c3cnccn3)cnn12. The van der Waals surface area contributed by atoms with Crippen molar-refractivity contribution in [3.05, 3.63) is 73.1 Å². The van der Waals surface area contributed by atoms with Gasteiger partial charge in [0.25, 0.3) is 0 Å². The molecule has 2 atom stereocenters. The molecule has 2 saturated heterocycles. The van der Waals surface area contributed by atoms with Crippen molar-refractivity contribution in [2.24, 2.45) is 0 Å². The number of anilines is 1. The molecule has 2 unspecified atom stereocenters. The number of nitrogen functional groups attached to an aromatic ring is 1. The van der Waals surface area contributed by atoms with Crippen molar-refractivity contribution in [1.29, 1.82) is 0 Å². The molecule has 310 valence electrons. The number of amides is 2. The van der Waals surface area contributed by atoms with E-state index in [0.717, 1.165) is 48.2 Å². The Kier molecular flexibility index (Phi) is 11.6. The van der Waals surface area contributed by atoms with Crippen LogP contribution in [0.3, 0.4) is 0 Å². The van der Waals surface area contributed by atoms with Gasteiger partial charge in [-0.1, -0.05) is 0 Å². The molecule has 0 bridgehead atoms. The lowest BCUT2D eigenvalue weighted by Crippen LogP contribution is -2.42. The van der Waals surface area contributed by atoms with Crippen LogP contribution in [-0.2, 0) is 9.47 Å². The Hall–Kier alpha value is -6.46. The number of nitrogens with two attached hydrogens (primary N) is 1. The van der Waals surface area contributed by atoms with Crippen molar-refractivity contribution in [2.75, 3.05) is 39.0 Å². The maximum Gasteiger partial charge on any atom is 0.410 e. The maximum absolute atomic E-state index is 12.6. The summed E-state index contributed by atoms with van der Waals surface area (Å²) in [7, 11) is 1.61. The summed E-state index contributed by atoms with van der Waals surface area (Å²) in [5, 5.41) is 8.75. The Balaban J connectivity index is 0.000000179. The molecule has 18 nitrogen and oxygen atoms in total. The topological polar surface area (TPSA) is 206 Å². The van der Waals surface area contributed by atoms with Gasteiger partial charge in [-0.15, -0.1) is 0 Å². The number of piperidine rings is 2. The van der Waals surface area contributed by atoms with Gasteiger partial charge in [0.15, 0.2) is 11.3 Å². The Morgan fingerprint density at radius 3 is 1.61 bits per heavy atom. The van der Waals surface area contributed by atoms with Crippen LogP contribution in [0, 0.1) is 0 Å². The van der Waals surface area contributed by atoms with Gasteiger partial charge in [0.05, 0.1) is 65.8 Å². The van der Waals surface area contributed by atoms with Crippen molar-refractivity contribution in [2.45, 2.75) is 90.3 Å². The first kappa shape index (κ1) is 40.7. The van der Waals surface area contributed by atoms with Crippen LogP contribution >= 0.6 is 0 Å². The second kappa shape index (κ2) is 16.8. The first-order valence-electron chi connectivity index (χ1n) is 19.7. The van der Waals surface area contributed by atoms with Crippen LogP contribution in [0.4, 0.5) is 15.4 Å². The number of nitrogens with zero attached hydrogens (tertiary/aromatic N) is 12. The van der Waals surface area contributed by atoms with Gasteiger partial charge in [-0.05, 0) is 67.2 Å². The van der Waals surface area contributed by atoms with Crippen LogP contribution < -0.4 is 10.5 Å². The van der Waals surface area contributed by atoms with Crippen LogP contribution in [0.2, 0.25) is 0 Å². The highest BCUT2D eigenvalue weighted by Crippen LogP contribution is 2.33. The normalized spacial score (nSPS) is 17.3. The average Bonchev–Trinajstić information content (AvgIpc) is 3.86. The molecule has 0 radical (unpaired) electrons. The number of methoxy groups -OCH3 is 1. The number of fused-ring (bicyclic) bond motifs is 2. The monoisotopic (exact) mass is 805 g/mol. The number of carbonyl (C=O) groups is 2. The third-order valence-electron chi connectivity index (χ3n) is 9.85. The molecule has 2 N–H and O–H groups in total. The maximum atomic E-state index is 12.6. The Morgan fingerprint density at radius 1 is 0.678 bits per heavy atom. The van der Waals surface area contributed by atoms with Crippen molar-refractivity contribution in [3.63, 3.8) is 0 Å². The molecule has 18 heteroatoms. The molecule has 0 saturated carbocycles. The Labute approximate surface area is 342 Å². The molecule has 0 aliphatic carbocycles. The summed E-state index contributed by atoms with van der Waals surface area (Å²) in [6.45, 7) is 13.7. The summed E-state index contributed by atoms with van der Waals surface area (Å²) >= 11 is 0. The average molecular weight is 806 g/mol. The number of carbonyl (C=O) groups excluding carboxylic acids is 2. The molecule has 8 rings (SSSR count). The van der Waals surface area contributed by atoms with E-state index >= 15 is 0 Å². The minimum atomic E-state index is -0.520. The smallest absolute Gasteiger partial charge is 0.410 e. The van der Waals surface area contributed by atoms with E-state index in [9.17, 15) is 9.59 Å². The lowest BCUT2D eigenvalue weighted by Gasteiger charge is -2.34. The van der Waals surface area contributed by atoms with E-state index in [2.05, 4.69) is 30.1 Å². The van der Waals surface area contributed by atoms with Gasteiger partial charge in [-0.2, -0.15) is 19.2 Å². The van der Waals surface area contributed by atoms with Gasteiger partial charge in [0, 0.05) is 74.9 Å². The van der Waals surface area contributed by atoms with Gasteiger partial charge in [-0.25, -0.2) is 19.6 Å². The van der Waals surface area contributed by atoms with E-state index in [4.69, 9.17) is 29.9 Å². The highest BCUT2D eigenvalue weighted by atomic mass is 16.6. The zero-order valence-electron chi connectivity index (χ0n) is 34.6. The number of aromatic nitrogens is 10. The fraction of sp³-hybridized carbons (Fsp3) is 0.463. The molecule has 59 heavy (non-hydrogen) atoms. The summed E-state index contributed by atoms with van der Waals surface area (Å²) in [6.07, 6.45) is 16.3. The number of ether oxygens (including phenoxy) is 3. The zero-order valence-corrected chi connectivity index (χ0v) is 34.6. The van der Waals surface area contributed by atoms with Gasteiger partial charge >= 0.3 is 12.2 Å². The molecule has 6 aromatic heterocycles. The van der Waals surface area contributed by atoms with Crippen LogP contribution in [0.15, 0.2) is 61.7 Å². The van der Waals surface area contributed by atoms with E-state index in [0.29, 0.717) is 60.6 Å². The van der Waals surface area contributed by atoms with E-state index < -0.39 is 11.2 Å². The molecule has 0 spiro atoms. The first-order chi connectivity index (χ1) is 28.2. The fourth-order valence-corrected chi connectivity index (χ4v) is 7.18. The second-order valence-electron chi connectivity index (χ2n) is 16.6. The molecule has 8 heterocycles. The molecule has 2 aliphatic heterocycles. The third-order valence-corrected chi connectivity index (χ3v) is 9.85. The van der Waals surface area contributed by atoms with Crippen LogP contribution in [-0.4, -0.2) is 116 Å². The summed E-state index contributed by atoms with van der Waals surface area (Å²) in [5.74, 6) is 1.23. The second-order valence-corrected chi connectivity index (χ2v) is 16.6. The lowest BCUT2D eigenvalue weighted by atomic mass is 9.94. The van der Waals surface area contributed by atoms with Crippen LogP contribution in [0.5, 0.6) is 5.88 Å². The number of likely N-dealkylation sites (tertiary alicyclic amines) is 2. The van der Waals surface area contributed by atoms with Gasteiger partial charge in [0.1, 0.15) is 17.0 Å². The minimum Gasteiger partial charge on any atom is -0.481 e. The number of rotatable bonds is 5. The molecule has 2 amide bonds. The van der Waals surface area contributed by atoms with Crippen LogP contribution in [0.1, 0.15) is 90.4 Å². The quantitative estimate of drug-likeness (QED) is 0.206. The third kappa shape index (κ3) is 9.48. The largest absolute Gasteiger partial charge is 0.481 e. The fourth-order valence-electron chi connectivity index (χ4n) is 7.18. The van der Waals surface area contributed by atoms with Crippen molar-refractivity contribution >= 4 is 29.3 Å². The summed E-state index contributed by atoms with van der Waals surface area (Å²) in [5.41, 5.74) is 11.1. The summed E-state index contributed by atoms with van der Waals surface area (Å²) < 4.78 is 19.9. The molecule has 2 fully saturated rings. The summed E-state index contributed by atoms with van der Waals surface area (Å²) in [4.78, 5) is 55.3. The van der Waals surface area contributed by atoms with Gasteiger partial charge in [-0.3, -0.25) is 19.9 Å². The molecular weight excluding hydrogens is 755 g/mol. The molecule has 6 aromatic rings. The molecule has 0 aromatic carbocycles. The highest BCUT2D eigenvalue weighted by molar-refractivity contribution is 5.76. The highest BCUT2D eigenvalue weighted by Gasteiger charge is 2.31. The predicted molar refractivity (Wildman–Crippen MR) is 219 cm³/mol. The van der Waals surface area contributed by atoms with Gasteiger partial charge in [0.2, 0.25) is 5.88 Å². The van der Waals surface area contributed by atoms with E-state index in [1.165, 1.54) is 0 Å². The lowest BCUT2D eigenvalue weighted by molar-refractivity contribution is 0.0187. The Bertz CT molecular complexity index is 2410. The Morgan fingerprint density at radius 2 is 1.15 bits per heavy atom. The van der Waals surface area contributed by atoms with Gasteiger partial charge < -0.3 is 29.7 Å².